The molecule has 0 saturated heterocycles. The van der Waals surface area contributed by atoms with Crippen molar-refractivity contribution in [3.63, 3.8) is 0 Å². The predicted octanol–water partition coefficient (Wildman–Crippen LogP) is 0.840. The molecular formula is C12H25N7O. The van der Waals surface area contributed by atoms with E-state index in [0.29, 0.717) is 31.1 Å². The van der Waals surface area contributed by atoms with E-state index in [0.717, 1.165) is 13.1 Å². The third-order valence-corrected chi connectivity index (χ3v) is 2.75. The van der Waals surface area contributed by atoms with E-state index in [1.807, 2.05) is 32.6 Å². The van der Waals surface area contributed by atoms with Gasteiger partial charge < -0.3 is 15.0 Å². The fraction of sp³-hybridized carbons (Fsp3) is 0.750. The summed E-state index contributed by atoms with van der Waals surface area (Å²) in [6.45, 7) is 11.0. The van der Waals surface area contributed by atoms with E-state index in [1.54, 1.807) is 0 Å². The first-order valence-corrected chi connectivity index (χ1v) is 6.96. The molecule has 1 rings (SSSR count). The van der Waals surface area contributed by atoms with Crippen LogP contribution in [0.15, 0.2) is 0 Å². The monoisotopic (exact) mass is 283 g/mol. The third kappa shape index (κ3) is 4.78. The average Bonchev–Trinajstić information content (AvgIpc) is 2.46. The fourth-order valence-electron chi connectivity index (χ4n) is 1.70. The Bertz CT molecular complexity index is 397. The van der Waals surface area contributed by atoms with E-state index in [2.05, 4.69) is 25.7 Å². The second-order valence-electron chi connectivity index (χ2n) is 4.30. The number of anilines is 3. The highest BCUT2D eigenvalue weighted by molar-refractivity contribution is 5.43. The van der Waals surface area contributed by atoms with Crippen LogP contribution >= 0.6 is 0 Å². The lowest BCUT2D eigenvalue weighted by Crippen LogP contribution is -2.28. The standard InChI is InChI=1S/C12H25N7O/c1-5-19(6-2)12-16-10(15-11(17-12)18-13)14-9(4)8-20-7-3/h9H,5-8,13H2,1-4H3,(H2,14,15,16,17,18). The molecule has 1 heterocycles. The van der Waals surface area contributed by atoms with Gasteiger partial charge in [0, 0.05) is 25.7 Å². The summed E-state index contributed by atoms with van der Waals surface area (Å²) >= 11 is 0. The minimum Gasteiger partial charge on any atom is -0.380 e. The number of nitrogen functional groups attached to an aromatic ring is 1. The van der Waals surface area contributed by atoms with Crippen LogP contribution in [0, 0.1) is 0 Å². The van der Waals surface area contributed by atoms with Gasteiger partial charge in [0.05, 0.1) is 6.61 Å². The molecule has 4 N–H and O–H groups in total. The van der Waals surface area contributed by atoms with Gasteiger partial charge in [-0.3, -0.25) is 5.43 Å². The molecule has 1 unspecified atom stereocenters. The number of nitrogens with two attached hydrogens (primary N) is 1. The minimum absolute atomic E-state index is 0.104. The zero-order valence-electron chi connectivity index (χ0n) is 12.7. The van der Waals surface area contributed by atoms with Gasteiger partial charge in [0.25, 0.3) is 0 Å². The summed E-state index contributed by atoms with van der Waals surface area (Å²) in [6.07, 6.45) is 0. The Labute approximate surface area is 120 Å². The smallest absolute Gasteiger partial charge is 0.243 e. The molecule has 0 aliphatic heterocycles. The Balaban J connectivity index is 2.87. The molecule has 0 bridgehead atoms. The first-order chi connectivity index (χ1) is 9.64. The van der Waals surface area contributed by atoms with Crippen molar-refractivity contribution >= 4 is 17.8 Å². The first kappa shape index (κ1) is 16.4. The molecule has 8 nitrogen and oxygen atoms in total. The summed E-state index contributed by atoms with van der Waals surface area (Å²) < 4.78 is 5.36. The van der Waals surface area contributed by atoms with Crippen molar-refractivity contribution in [2.24, 2.45) is 5.84 Å². The minimum atomic E-state index is 0.104. The Kier molecular flexibility index (Phi) is 6.96. The van der Waals surface area contributed by atoms with Gasteiger partial charge in [0.2, 0.25) is 17.8 Å². The number of ether oxygens (including phenoxy) is 1. The van der Waals surface area contributed by atoms with E-state index in [1.165, 1.54) is 0 Å². The maximum Gasteiger partial charge on any atom is 0.243 e. The molecule has 20 heavy (non-hydrogen) atoms. The number of hydrogen-bond acceptors (Lipinski definition) is 8. The number of rotatable bonds is 9. The molecule has 0 aliphatic rings. The van der Waals surface area contributed by atoms with E-state index in [9.17, 15) is 0 Å². The summed E-state index contributed by atoms with van der Waals surface area (Å²) in [7, 11) is 0. The van der Waals surface area contributed by atoms with Gasteiger partial charge in [-0.15, -0.1) is 0 Å². The zero-order chi connectivity index (χ0) is 15.0. The maximum absolute atomic E-state index is 5.41. The molecule has 0 aromatic carbocycles. The van der Waals surface area contributed by atoms with E-state index in [4.69, 9.17) is 10.6 Å². The highest BCUT2D eigenvalue weighted by Crippen LogP contribution is 2.13. The normalized spacial score (nSPS) is 12.1. The quantitative estimate of drug-likeness (QED) is 0.453. The third-order valence-electron chi connectivity index (χ3n) is 2.75. The molecule has 1 aromatic heterocycles. The summed E-state index contributed by atoms with van der Waals surface area (Å²) in [5.74, 6) is 6.84. The zero-order valence-corrected chi connectivity index (χ0v) is 12.7. The topological polar surface area (TPSA) is 101 Å². The Morgan fingerprint density at radius 3 is 2.35 bits per heavy atom. The number of hydrogen-bond donors (Lipinski definition) is 3. The summed E-state index contributed by atoms with van der Waals surface area (Å²) in [5.41, 5.74) is 2.47. The van der Waals surface area contributed by atoms with Crippen molar-refractivity contribution < 1.29 is 4.74 Å². The molecule has 0 fully saturated rings. The Morgan fingerprint density at radius 2 is 1.80 bits per heavy atom. The van der Waals surface area contributed by atoms with Gasteiger partial charge in [0.1, 0.15) is 0 Å². The molecule has 0 aliphatic carbocycles. The van der Waals surface area contributed by atoms with Crippen LogP contribution < -0.4 is 21.5 Å². The molecule has 0 saturated carbocycles. The average molecular weight is 283 g/mol. The van der Waals surface area contributed by atoms with Gasteiger partial charge >= 0.3 is 0 Å². The number of hydrazine groups is 1. The molecule has 0 radical (unpaired) electrons. The van der Waals surface area contributed by atoms with Crippen LogP contribution in [-0.4, -0.2) is 47.3 Å². The summed E-state index contributed by atoms with van der Waals surface area (Å²) in [4.78, 5) is 14.9. The SMILES string of the molecule is CCOCC(C)Nc1nc(NN)nc(N(CC)CC)n1. The summed E-state index contributed by atoms with van der Waals surface area (Å²) in [6, 6.07) is 0.104. The van der Waals surface area contributed by atoms with Gasteiger partial charge in [-0.1, -0.05) is 0 Å². The number of aromatic nitrogens is 3. The lowest BCUT2D eigenvalue weighted by Gasteiger charge is -2.20. The van der Waals surface area contributed by atoms with Gasteiger partial charge in [0.15, 0.2) is 0 Å². The molecule has 1 atom stereocenters. The second-order valence-corrected chi connectivity index (χ2v) is 4.30. The Hall–Kier alpha value is -1.67. The fourth-order valence-corrected chi connectivity index (χ4v) is 1.70. The van der Waals surface area contributed by atoms with Gasteiger partial charge in [-0.05, 0) is 27.7 Å². The van der Waals surface area contributed by atoms with Crippen LogP contribution in [0.4, 0.5) is 17.8 Å². The molecule has 8 heteroatoms. The highest BCUT2D eigenvalue weighted by atomic mass is 16.5. The molecule has 114 valence electrons. The van der Waals surface area contributed by atoms with E-state index in [-0.39, 0.29) is 6.04 Å². The molecule has 0 spiro atoms. The van der Waals surface area contributed by atoms with E-state index < -0.39 is 0 Å². The van der Waals surface area contributed by atoms with Crippen molar-refractivity contribution in [3.05, 3.63) is 0 Å². The van der Waals surface area contributed by atoms with Crippen molar-refractivity contribution in [2.75, 3.05) is 41.9 Å². The predicted molar refractivity (Wildman–Crippen MR) is 80.8 cm³/mol. The van der Waals surface area contributed by atoms with Gasteiger partial charge in [-0.2, -0.15) is 15.0 Å². The summed E-state index contributed by atoms with van der Waals surface area (Å²) in [5, 5.41) is 3.19. The van der Waals surface area contributed by atoms with E-state index >= 15 is 0 Å². The Morgan fingerprint density at radius 1 is 1.15 bits per heavy atom. The van der Waals surface area contributed by atoms with Crippen LogP contribution in [0.3, 0.4) is 0 Å². The molecule has 1 aromatic rings. The lowest BCUT2D eigenvalue weighted by molar-refractivity contribution is 0.141. The highest BCUT2D eigenvalue weighted by Gasteiger charge is 2.12. The molecular weight excluding hydrogens is 258 g/mol. The van der Waals surface area contributed by atoms with Crippen LogP contribution in [0.1, 0.15) is 27.7 Å². The van der Waals surface area contributed by atoms with Crippen molar-refractivity contribution in [2.45, 2.75) is 33.7 Å². The largest absolute Gasteiger partial charge is 0.380 e. The second kappa shape index (κ2) is 8.49. The van der Waals surface area contributed by atoms with Gasteiger partial charge in [-0.25, -0.2) is 5.84 Å². The van der Waals surface area contributed by atoms with Crippen molar-refractivity contribution in [3.8, 4) is 0 Å². The molecule has 0 amide bonds. The number of nitrogens with zero attached hydrogens (tertiary/aromatic N) is 4. The first-order valence-electron chi connectivity index (χ1n) is 6.96. The van der Waals surface area contributed by atoms with Crippen molar-refractivity contribution in [1.82, 2.24) is 15.0 Å². The van der Waals surface area contributed by atoms with Crippen LogP contribution in [0.2, 0.25) is 0 Å². The number of nitrogens with one attached hydrogen (secondary N) is 2. The van der Waals surface area contributed by atoms with Crippen LogP contribution in [0.5, 0.6) is 0 Å². The van der Waals surface area contributed by atoms with Crippen LogP contribution in [-0.2, 0) is 4.74 Å². The maximum atomic E-state index is 5.41. The lowest BCUT2D eigenvalue weighted by atomic mass is 10.4. The van der Waals surface area contributed by atoms with Crippen molar-refractivity contribution in [1.29, 1.82) is 0 Å². The van der Waals surface area contributed by atoms with Crippen LogP contribution in [0.25, 0.3) is 0 Å².